The van der Waals surface area contributed by atoms with Crippen LogP contribution in [-0.2, 0) is 39.3 Å². The fourth-order valence-electron chi connectivity index (χ4n) is 14.2. The molecule has 0 radical (unpaired) electrons. The summed E-state index contributed by atoms with van der Waals surface area (Å²) in [4.78, 5) is 73.5. The first-order chi connectivity index (χ1) is 51.0. The Bertz CT molecular complexity index is 4780. The van der Waals surface area contributed by atoms with Crippen LogP contribution in [-0.4, -0.2) is 130 Å². The molecule has 7 aliphatic rings. The lowest BCUT2D eigenvalue weighted by molar-refractivity contribution is 0.00578. The fraction of sp³-hybridized carbons (Fsp3) is 0.429. The Hall–Kier alpha value is -9.78. The van der Waals surface area contributed by atoms with Crippen LogP contribution in [0.3, 0.4) is 0 Å². The number of amides is 4. The van der Waals surface area contributed by atoms with E-state index < -0.39 is 39.6 Å². The number of pyridine rings is 2. The van der Waals surface area contributed by atoms with Gasteiger partial charge in [0.05, 0.1) is 62.1 Å². The average Bonchev–Trinajstić information content (AvgIpc) is 1.56. The number of imidazole rings is 2. The summed E-state index contributed by atoms with van der Waals surface area (Å²) in [5.74, 6) is 3.15. The highest BCUT2D eigenvalue weighted by atomic mass is 79.9. The zero-order valence-corrected chi connectivity index (χ0v) is 66.5. The number of carbonyl (C=O) groups is 4. The van der Waals surface area contributed by atoms with Crippen molar-refractivity contribution < 1.29 is 47.4 Å². The van der Waals surface area contributed by atoms with Gasteiger partial charge in [-0.05, 0) is 249 Å². The predicted molar refractivity (Wildman–Crippen MR) is 426 cm³/mol. The third-order valence-electron chi connectivity index (χ3n) is 20.5. The molecule has 0 atom stereocenters. The third kappa shape index (κ3) is 16.3. The number of anilines is 4. The van der Waals surface area contributed by atoms with E-state index in [0.717, 1.165) is 157 Å². The molecule has 8 aromatic rings. The highest BCUT2D eigenvalue weighted by Gasteiger charge is 2.53. The number of nitrogens with zero attached hydrogens (tertiary/aromatic N) is 8. The SMILES string of the molecule is CC(C)(C)OC(=O)N1CC=C(B2OC(C)(C)C(C)(C)O2)CC1.CC(C)(C)OC(=O)NC1(c2ccc(-c3c(Br)nc4n3-c3cccnc3Nc3ccccc3-4)cc2)CCC1.CC(C)(C)OC(=O)NC1(c2ccc(-c3c(C4=CCN(C(=O)OC(C)(C)C)CC4)nc4n3-c3cccnc3Nc3ccccc3-4)cc2)CCC1. The molecule has 1 saturated heterocycles. The van der Waals surface area contributed by atoms with Gasteiger partial charge in [-0.25, -0.2) is 39.1 Å². The molecule has 0 spiro atoms. The van der Waals surface area contributed by atoms with E-state index in [1.165, 1.54) is 0 Å². The molecule has 0 unspecified atom stereocenters. The Morgan fingerprint density at radius 1 is 0.509 bits per heavy atom. The van der Waals surface area contributed by atoms with Gasteiger partial charge in [0.15, 0.2) is 11.6 Å². The molecule has 15 rings (SSSR count). The van der Waals surface area contributed by atoms with Crippen molar-refractivity contribution in [1.82, 2.24) is 49.5 Å². The largest absolute Gasteiger partial charge is 0.490 e. The Balaban J connectivity index is 0.000000154. The highest BCUT2D eigenvalue weighted by Crippen LogP contribution is 2.49. The summed E-state index contributed by atoms with van der Waals surface area (Å²) in [5, 5.41) is 13.3. The molecule has 4 amide bonds. The van der Waals surface area contributed by atoms with Crippen molar-refractivity contribution in [3.05, 3.63) is 173 Å². The van der Waals surface area contributed by atoms with Gasteiger partial charge in [0.2, 0.25) is 0 Å². The minimum absolute atomic E-state index is 0.267. The summed E-state index contributed by atoms with van der Waals surface area (Å²) in [6, 6.07) is 41.1. The van der Waals surface area contributed by atoms with Crippen molar-refractivity contribution >= 4 is 76.0 Å². The summed E-state index contributed by atoms with van der Waals surface area (Å²) < 4.78 is 39.4. The van der Waals surface area contributed by atoms with E-state index in [1.54, 1.807) is 22.2 Å². The van der Waals surface area contributed by atoms with Crippen LogP contribution in [0.1, 0.15) is 179 Å². The van der Waals surface area contributed by atoms with Gasteiger partial charge in [-0.1, -0.05) is 84.9 Å². The molecule has 566 valence electrons. The maximum absolute atomic E-state index is 12.9. The fourth-order valence-corrected chi connectivity index (χ4v) is 14.8. The smallest absolute Gasteiger partial charge is 0.444 e. The van der Waals surface area contributed by atoms with Crippen molar-refractivity contribution in [3.63, 3.8) is 0 Å². The number of halogens is 1. The van der Waals surface area contributed by atoms with Gasteiger partial charge in [0, 0.05) is 60.8 Å². The third-order valence-corrected chi connectivity index (χ3v) is 21.1. The molecule has 22 nitrogen and oxygen atoms in total. The van der Waals surface area contributed by atoms with Crippen LogP contribution in [0, 0.1) is 0 Å². The quantitative estimate of drug-likeness (QED) is 0.0817. The van der Waals surface area contributed by atoms with Crippen molar-refractivity contribution in [1.29, 1.82) is 0 Å². The minimum atomic E-state index is -0.578. The lowest BCUT2D eigenvalue weighted by Crippen LogP contribution is -2.52. The zero-order valence-electron chi connectivity index (χ0n) is 65.0. The van der Waals surface area contributed by atoms with E-state index in [-0.39, 0.29) is 36.6 Å². The van der Waals surface area contributed by atoms with Crippen LogP contribution in [0.5, 0.6) is 0 Å². The number of rotatable bonds is 8. The highest BCUT2D eigenvalue weighted by molar-refractivity contribution is 9.10. The lowest BCUT2D eigenvalue weighted by Gasteiger charge is -2.43. The second kappa shape index (κ2) is 29.3. The van der Waals surface area contributed by atoms with Gasteiger partial charge in [0.25, 0.3) is 0 Å². The number of benzene rings is 4. The van der Waals surface area contributed by atoms with E-state index >= 15 is 0 Å². The molecule has 4 aromatic carbocycles. The summed E-state index contributed by atoms with van der Waals surface area (Å²) >= 11 is 3.74. The predicted octanol–water partition coefficient (Wildman–Crippen LogP) is 19.1. The van der Waals surface area contributed by atoms with Crippen molar-refractivity contribution in [3.8, 4) is 56.7 Å². The van der Waals surface area contributed by atoms with E-state index in [9.17, 15) is 19.2 Å². The summed E-state index contributed by atoms with van der Waals surface area (Å²) in [7, 11) is -0.314. The van der Waals surface area contributed by atoms with Crippen molar-refractivity contribution in [2.24, 2.45) is 0 Å². The Kier molecular flexibility index (Phi) is 20.7. The molecule has 108 heavy (non-hydrogen) atoms. The maximum Gasteiger partial charge on any atom is 0.490 e. The Labute approximate surface area is 642 Å². The zero-order chi connectivity index (χ0) is 77.1. The van der Waals surface area contributed by atoms with Gasteiger partial charge in [0.1, 0.15) is 38.7 Å². The molecule has 4 aromatic heterocycles. The number of aromatic nitrogens is 6. The van der Waals surface area contributed by atoms with Crippen molar-refractivity contribution in [2.75, 3.05) is 36.8 Å². The molecule has 5 aliphatic heterocycles. The Morgan fingerprint density at radius 3 is 1.33 bits per heavy atom. The second-order valence-electron chi connectivity index (χ2n) is 33.7. The number of hydrogen-bond acceptors (Lipinski definition) is 16. The normalized spacial score (nSPS) is 17.6. The standard InChI is InChI=1S/C39H44N6O4.C29H28BrN5O2.C16H28BNO4/c1-37(2,3)48-35(46)43-39(20-10-21-39)27-16-14-26(15-17-27)32-31(25-18-23-44(24-19-25)36(47)49-38(4,5)6)42-34-28-11-7-8-12-29(28)41-33-30(45(32)34)13-9-22-40-33;1-28(2,3)37-27(36)34-29(15-7-16-29)19-13-11-18(12-14-19)23-24(30)33-26-20-8-4-5-9-21(20)32-25-22(35(23)26)10-6-17-31-25;1-14(2,3)20-13(19)18-10-8-12(9-11-18)17-21-15(4,5)16(6,7)22-17/h7-9,11-18,22H,10,19-21,23-24H2,1-6H3,(H,40,41)(H,43,46);4-6,8-14,17H,7,15-16H2,1-3H3,(H,31,32)(H,34,36);8H,9-11H2,1-7H3. The average molecular weight is 1530 g/mol. The molecule has 0 bridgehead atoms. The Morgan fingerprint density at radius 2 is 0.926 bits per heavy atom. The van der Waals surface area contributed by atoms with E-state index in [1.807, 2.05) is 171 Å². The van der Waals surface area contributed by atoms with Crippen LogP contribution >= 0.6 is 15.9 Å². The minimum Gasteiger partial charge on any atom is -0.444 e. The molecular weight excluding hydrogens is 1430 g/mol. The van der Waals surface area contributed by atoms with Gasteiger partial charge in [-0.3, -0.25) is 9.13 Å². The number of para-hydroxylation sites is 2. The van der Waals surface area contributed by atoms with Gasteiger partial charge < -0.3 is 59.3 Å². The molecule has 24 heteroatoms. The molecule has 9 heterocycles. The van der Waals surface area contributed by atoms with E-state index in [2.05, 4.69) is 124 Å². The second-order valence-corrected chi connectivity index (χ2v) is 34.4. The molecule has 2 aliphatic carbocycles. The molecule has 4 N–H and O–H groups in total. The van der Waals surface area contributed by atoms with E-state index in [4.69, 9.17) is 43.2 Å². The van der Waals surface area contributed by atoms with Crippen LogP contribution in [0.15, 0.2) is 156 Å². The van der Waals surface area contributed by atoms with Crippen LogP contribution < -0.4 is 21.3 Å². The summed E-state index contributed by atoms with van der Waals surface area (Å²) in [5.41, 5.74) is 11.0. The first kappa shape index (κ1) is 76.4. The molecular formula is C84H100BBrN12O10. The first-order valence-electron chi connectivity index (χ1n) is 37.4. The number of carbonyl (C=O) groups excluding carboxylic acids is 4. The van der Waals surface area contributed by atoms with Gasteiger partial charge in [-0.15, -0.1) is 0 Å². The van der Waals surface area contributed by atoms with Crippen molar-refractivity contribution in [2.45, 2.75) is 207 Å². The number of ether oxygens (including phenoxy) is 4. The van der Waals surface area contributed by atoms with Crippen LogP contribution in [0.4, 0.5) is 42.2 Å². The summed E-state index contributed by atoms with van der Waals surface area (Å²) in [6.07, 6.45) is 13.3. The maximum atomic E-state index is 12.9. The number of alkyl carbamates (subject to hydrolysis) is 2. The van der Waals surface area contributed by atoms with Gasteiger partial charge >= 0.3 is 31.5 Å². The summed E-state index contributed by atoms with van der Waals surface area (Å²) in [6.45, 7) is 32.8. The number of hydrogen-bond donors (Lipinski definition) is 4. The number of fused-ring (bicyclic) bond motifs is 10. The molecule has 3 fully saturated rings. The van der Waals surface area contributed by atoms with Crippen LogP contribution in [0.25, 0.3) is 62.2 Å². The topological polar surface area (TPSA) is 240 Å². The first-order valence-corrected chi connectivity index (χ1v) is 38.2. The van der Waals surface area contributed by atoms with Crippen LogP contribution in [0.2, 0.25) is 0 Å². The van der Waals surface area contributed by atoms with E-state index in [0.29, 0.717) is 32.6 Å². The monoisotopic (exact) mass is 1530 g/mol. The van der Waals surface area contributed by atoms with Gasteiger partial charge in [-0.2, -0.15) is 0 Å². The molecule has 2 saturated carbocycles. The number of nitrogens with one attached hydrogen (secondary N) is 4. The lowest BCUT2D eigenvalue weighted by atomic mass is 9.71.